The fourth-order valence-electron chi connectivity index (χ4n) is 0.385. The van der Waals surface area contributed by atoms with Gasteiger partial charge in [-0.1, -0.05) is 71.0 Å². The molecule has 0 unspecified atom stereocenters. The van der Waals surface area contributed by atoms with E-state index in [0.717, 1.165) is 0 Å². The molecule has 96 valence electrons. The van der Waals surface area contributed by atoms with Crippen molar-refractivity contribution in [2.45, 2.75) is 54.9 Å². The normalized spacial score (nSPS) is 6.75. The maximum atomic E-state index is 2.16. The van der Waals surface area contributed by atoms with Crippen molar-refractivity contribution in [2.75, 3.05) is 0 Å². The molecular formula is C15H29W-. The first-order valence-corrected chi connectivity index (χ1v) is 6.06. The molecule has 0 amide bonds. The molecule has 0 aliphatic carbocycles. The molecule has 0 bridgehead atoms. The Hall–Kier alpha value is -0.0917. The summed E-state index contributed by atoms with van der Waals surface area (Å²) in [4.78, 5) is 0. The van der Waals surface area contributed by atoms with Gasteiger partial charge in [0, 0.05) is 21.1 Å². The summed E-state index contributed by atoms with van der Waals surface area (Å²) in [6.45, 7) is 14.4. The standard InChI is InChI=1S/C6H6.C5H11.2C2H6.W/c1-2-4-6-5-3-1;1-4-5(2)3;2*1-2;/h1-6H;4H2,1-3H3;2*1-2H3;/q;-1;;;. The summed E-state index contributed by atoms with van der Waals surface area (Å²) < 4.78 is 0. The Morgan fingerprint density at radius 3 is 0.875 bits per heavy atom. The Morgan fingerprint density at radius 1 is 0.688 bits per heavy atom. The van der Waals surface area contributed by atoms with Crippen LogP contribution >= 0.6 is 0 Å². The molecule has 0 spiro atoms. The molecule has 0 fully saturated rings. The van der Waals surface area contributed by atoms with Gasteiger partial charge < -0.3 is 5.92 Å². The quantitative estimate of drug-likeness (QED) is 0.534. The van der Waals surface area contributed by atoms with Crippen LogP contribution in [0.1, 0.15) is 54.9 Å². The van der Waals surface area contributed by atoms with Crippen molar-refractivity contribution in [3.63, 3.8) is 0 Å². The Bertz CT molecular complexity index is 120. The molecule has 16 heavy (non-hydrogen) atoms. The summed E-state index contributed by atoms with van der Waals surface area (Å²) in [6, 6.07) is 12.0. The summed E-state index contributed by atoms with van der Waals surface area (Å²) in [5.74, 6) is 1.50. The first-order valence-electron chi connectivity index (χ1n) is 6.06. The van der Waals surface area contributed by atoms with Crippen LogP contribution in [-0.4, -0.2) is 0 Å². The fourth-order valence-corrected chi connectivity index (χ4v) is 0.385. The molecule has 0 aromatic heterocycles. The minimum Gasteiger partial charge on any atom is -0.320 e. The van der Waals surface area contributed by atoms with Gasteiger partial charge in [-0.05, 0) is 0 Å². The molecule has 0 aliphatic rings. The van der Waals surface area contributed by atoms with Crippen LogP contribution in [0.15, 0.2) is 36.4 Å². The number of benzene rings is 1. The second kappa shape index (κ2) is 29.4. The molecular weight excluding hydrogens is 364 g/mol. The van der Waals surface area contributed by atoms with Gasteiger partial charge >= 0.3 is 0 Å². The summed E-state index contributed by atoms with van der Waals surface area (Å²) in [7, 11) is 0. The molecule has 0 saturated carbocycles. The monoisotopic (exact) mass is 393 g/mol. The van der Waals surface area contributed by atoms with Gasteiger partial charge in [-0.25, -0.2) is 0 Å². The minimum absolute atomic E-state index is 0. The van der Waals surface area contributed by atoms with Crippen molar-refractivity contribution >= 4 is 0 Å². The van der Waals surface area contributed by atoms with Gasteiger partial charge in [0.15, 0.2) is 0 Å². The molecule has 0 saturated heterocycles. The fraction of sp³-hybridized carbons (Fsp3) is 0.533. The zero-order valence-corrected chi connectivity index (χ0v) is 15.0. The van der Waals surface area contributed by atoms with Crippen molar-refractivity contribution in [3.8, 4) is 0 Å². The molecule has 0 atom stereocenters. The van der Waals surface area contributed by atoms with Gasteiger partial charge in [0.05, 0.1) is 0 Å². The van der Waals surface area contributed by atoms with E-state index in [-0.39, 0.29) is 21.1 Å². The third-order valence-electron chi connectivity index (χ3n) is 1.37. The minimum atomic E-state index is 0. The molecule has 1 heteroatoms. The van der Waals surface area contributed by atoms with Gasteiger partial charge in [-0.15, -0.1) is 0 Å². The van der Waals surface area contributed by atoms with E-state index >= 15 is 0 Å². The van der Waals surface area contributed by atoms with E-state index in [2.05, 4.69) is 20.8 Å². The van der Waals surface area contributed by atoms with E-state index in [1.54, 1.807) is 0 Å². The number of rotatable bonds is 1. The van der Waals surface area contributed by atoms with Crippen LogP contribution in [0.5, 0.6) is 0 Å². The topological polar surface area (TPSA) is 0 Å². The van der Waals surface area contributed by atoms with Crippen molar-refractivity contribution in [2.24, 2.45) is 0 Å². The average Bonchev–Trinajstić information content (AvgIpc) is 2.37. The summed E-state index contributed by atoms with van der Waals surface area (Å²) in [5.41, 5.74) is 0. The van der Waals surface area contributed by atoms with Gasteiger partial charge in [0.2, 0.25) is 0 Å². The number of hydrogen-bond donors (Lipinski definition) is 0. The van der Waals surface area contributed by atoms with Gasteiger partial charge in [0.1, 0.15) is 0 Å². The Labute approximate surface area is 118 Å². The maximum Gasteiger partial charge on any atom is 0 e. The summed E-state index contributed by atoms with van der Waals surface area (Å²) in [6.07, 6.45) is 1.22. The van der Waals surface area contributed by atoms with Crippen LogP contribution in [-0.2, 0) is 21.1 Å². The van der Waals surface area contributed by atoms with Crippen LogP contribution < -0.4 is 0 Å². The molecule has 0 radical (unpaired) electrons. The van der Waals surface area contributed by atoms with E-state index in [1.807, 2.05) is 64.1 Å². The SMILES string of the molecule is CC.CC.CC[C-](C)C.[W].c1ccccc1. The zero-order chi connectivity index (χ0) is 12.5. The first kappa shape index (κ1) is 24.9. The Kier molecular flexibility index (Phi) is 45.8. The molecule has 0 heterocycles. The molecule has 1 rings (SSSR count). The van der Waals surface area contributed by atoms with E-state index < -0.39 is 0 Å². The van der Waals surface area contributed by atoms with Crippen molar-refractivity contribution in [1.29, 1.82) is 0 Å². The van der Waals surface area contributed by atoms with Crippen molar-refractivity contribution < 1.29 is 21.1 Å². The average molecular weight is 393 g/mol. The van der Waals surface area contributed by atoms with E-state index in [4.69, 9.17) is 0 Å². The summed E-state index contributed by atoms with van der Waals surface area (Å²) in [5, 5.41) is 0. The van der Waals surface area contributed by atoms with Crippen molar-refractivity contribution in [3.05, 3.63) is 42.3 Å². The molecule has 1 aromatic rings. The summed E-state index contributed by atoms with van der Waals surface area (Å²) >= 11 is 0. The van der Waals surface area contributed by atoms with Crippen LogP contribution in [0.4, 0.5) is 0 Å². The molecule has 0 N–H and O–H groups in total. The smallest absolute Gasteiger partial charge is 0 e. The van der Waals surface area contributed by atoms with E-state index in [9.17, 15) is 0 Å². The van der Waals surface area contributed by atoms with Crippen LogP contribution in [0.25, 0.3) is 0 Å². The first-order chi connectivity index (χ1) is 7.27. The Balaban J connectivity index is -0.0000000664. The molecule has 1 aromatic carbocycles. The zero-order valence-electron chi connectivity index (χ0n) is 12.1. The van der Waals surface area contributed by atoms with Gasteiger partial charge in [-0.2, -0.15) is 20.3 Å². The van der Waals surface area contributed by atoms with Crippen LogP contribution in [0, 0.1) is 5.92 Å². The van der Waals surface area contributed by atoms with Crippen LogP contribution in [0.3, 0.4) is 0 Å². The third-order valence-corrected chi connectivity index (χ3v) is 1.37. The van der Waals surface area contributed by atoms with Gasteiger partial charge in [0.25, 0.3) is 0 Å². The predicted octanol–water partition coefficient (Wildman–Crippen LogP) is 5.75. The largest absolute Gasteiger partial charge is 0.320 e. The van der Waals surface area contributed by atoms with Crippen LogP contribution in [0.2, 0.25) is 0 Å². The van der Waals surface area contributed by atoms with E-state index in [1.165, 1.54) is 12.3 Å². The number of hydrogen-bond acceptors (Lipinski definition) is 0. The molecule has 0 aliphatic heterocycles. The Morgan fingerprint density at radius 2 is 0.812 bits per heavy atom. The van der Waals surface area contributed by atoms with Crippen molar-refractivity contribution in [1.82, 2.24) is 0 Å². The second-order valence-electron chi connectivity index (χ2n) is 2.72. The second-order valence-corrected chi connectivity index (χ2v) is 2.72. The van der Waals surface area contributed by atoms with Gasteiger partial charge in [-0.3, -0.25) is 0 Å². The molecule has 0 nitrogen and oxygen atoms in total. The maximum absolute atomic E-state index is 2.16. The third kappa shape index (κ3) is 37.1. The van der Waals surface area contributed by atoms with E-state index in [0.29, 0.717) is 0 Å². The predicted molar refractivity (Wildman–Crippen MR) is 74.0 cm³/mol.